The molecule has 0 atom stereocenters. The van der Waals surface area contributed by atoms with Crippen molar-refractivity contribution in [2.45, 2.75) is 25.5 Å². The van der Waals surface area contributed by atoms with Gasteiger partial charge in [-0.25, -0.2) is 4.39 Å². The first-order chi connectivity index (χ1) is 7.74. The molecule has 0 saturated heterocycles. The summed E-state index contributed by atoms with van der Waals surface area (Å²) >= 11 is 0. The molecule has 1 aromatic carbocycles. The van der Waals surface area contributed by atoms with Crippen molar-refractivity contribution < 1.29 is 13.9 Å². The quantitative estimate of drug-likeness (QED) is 0.771. The van der Waals surface area contributed by atoms with E-state index in [0.29, 0.717) is 6.04 Å². The first-order valence-corrected chi connectivity index (χ1v) is 5.37. The molecule has 1 aliphatic carbocycles. The average molecular weight is 223 g/mol. The van der Waals surface area contributed by atoms with Crippen LogP contribution in [0.1, 0.15) is 18.4 Å². The van der Waals surface area contributed by atoms with Crippen LogP contribution in [-0.4, -0.2) is 18.6 Å². The maximum Gasteiger partial charge on any atom is 0.320 e. The molecule has 3 nitrogen and oxygen atoms in total. The first kappa shape index (κ1) is 11.1. The van der Waals surface area contributed by atoms with Crippen LogP contribution in [0.2, 0.25) is 0 Å². The molecule has 0 aliphatic heterocycles. The van der Waals surface area contributed by atoms with Crippen molar-refractivity contribution in [3.05, 3.63) is 35.6 Å². The van der Waals surface area contributed by atoms with Crippen molar-refractivity contribution in [3.63, 3.8) is 0 Å². The molecule has 0 aromatic heterocycles. The summed E-state index contributed by atoms with van der Waals surface area (Å²) in [6, 6.07) is 6.42. The van der Waals surface area contributed by atoms with Crippen molar-refractivity contribution in [2.24, 2.45) is 0 Å². The van der Waals surface area contributed by atoms with Crippen molar-refractivity contribution in [2.75, 3.05) is 6.54 Å². The lowest BCUT2D eigenvalue weighted by molar-refractivity contribution is -0.143. The molecule has 0 radical (unpaired) electrons. The maximum atomic E-state index is 12.6. The molecule has 1 saturated carbocycles. The summed E-state index contributed by atoms with van der Waals surface area (Å²) in [5, 5.41) is 3.07. The molecule has 4 heteroatoms. The molecular weight excluding hydrogens is 209 g/mol. The molecule has 0 unspecified atom stereocenters. The van der Waals surface area contributed by atoms with Crippen LogP contribution in [0.3, 0.4) is 0 Å². The Hall–Kier alpha value is -1.42. The molecule has 0 bridgehead atoms. The molecule has 86 valence electrons. The fourth-order valence-electron chi connectivity index (χ4n) is 1.31. The zero-order chi connectivity index (χ0) is 11.4. The minimum atomic E-state index is -0.287. The van der Waals surface area contributed by atoms with Gasteiger partial charge < -0.3 is 10.1 Å². The van der Waals surface area contributed by atoms with Crippen LogP contribution in [0.5, 0.6) is 0 Å². The summed E-state index contributed by atoms with van der Waals surface area (Å²) in [7, 11) is 0. The number of hydrogen-bond acceptors (Lipinski definition) is 3. The third kappa shape index (κ3) is 3.62. The monoisotopic (exact) mass is 223 g/mol. The van der Waals surface area contributed by atoms with E-state index in [4.69, 9.17) is 4.74 Å². The van der Waals surface area contributed by atoms with Gasteiger partial charge >= 0.3 is 5.97 Å². The lowest BCUT2D eigenvalue weighted by Gasteiger charge is -2.05. The minimum Gasteiger partial charge on any atom is -0.460 e. The highest BCUT2D eigenvalue weighted by atomic mass is 19.1. The zero-order valence-electron chi connectivity index (χ0n) is 8.91. The Morgan fingerprint density at radius 3 is 2.69 bits per heavy atom. The standard InChI is InChI=1S/C12H14FNO2/c13-10-3-1-9(2-4-10)8-16-12(15)7-14-11-5-6-11/h1-4,11,14H,5-8H2. The van der Waals surface area contributed by atoms with Gasteiger partial charge in [-0.2, -0.15) is 0 Å². The highest BCUT2D eigenvalue weighted by Crippen LogP contribution is 2.18. The molecule has 0 spiro atoms. The molecular formula is C12H14FNO2. The van der Waals surface area contributed by atoms with Crippen molar-refractivity contribution in [3.8, 4) is 0 Å². The van der Waals surface area contributed by atoms with E-state index in [-0.39, 0.29) is 24.9 Å². The summed E-state index contributed by atoms with van der Waals surface area (Å²) in [6.45, 7) is 0.456. The number of hydrogen-bond donors (Lipinski definition) is 1. The van der Waals surface area contributed by atoms with Gasteiger partial charge in [0.05, 0.1) is 6.54 Å². The van der Waals surface area contributed by atoms with E-state index >= 15 is 0 Å². The van der Waals surface area contributed by atoms with Crippen LogP contribution in [0.4, 0.5) is 4.39 Å². The van der Waals surface area contributed by atoms with Gasteiger partial charge in [0.25, 0.3) is 0 Å². The number of carbonyl (C=O) groups is 1. The minimum absolute atomic E-state index is 0.200. The number of benzene rings is 1. The van der Waals surface area contributed by atoms with Crippen LogP contribution < -0.4 is 5.32 Å². The second-order valence-electron chi connectivity index (χ2n) is 3.94. The first-order valence-electron chi connectivity index (χ1n) is 5.37. The molecule has 2 rings (SSSR count). The maximum absolute atomic E-state index is 12.6. The highest BCUT2D eigenvalue weighted by Gasteiger charge is 2.21. The second-order valence-corrected chi connectivity index (χ2v) is 3.94. The van der Waals surface area contributed by atoms with E-state index in [9.17, 15) is 9.18 Å². The van der Waals surface area contributed by atoms with E-state index in [2.05, 4.69) is 5.32 Å². The van der Waals surface area contributed by atoms with Crippen molar-refractivity contribution in [1.29, 1.82) is 0 Å². The molecule has 16 heavy (non-hydrogen) atoms. The van der Waals surface area contributed by atoms with Gasteiger partial charge in [-0.3, -0.25) is 4.79 Å². The van der Waals surface area contributed by atoms with E-state index in [1.54, 1.807) is 12.1 Å². The Labute approximate surface area is 93.6 Å². The van der Waals surface area contributed by atoms with Crippen LogP contribution in [0, 0.1) is 5.82 Å². The van der Waals surface area contributed by atoms with Gasteiger partial charge in [0.15, 0.2) is 0 Å². The topological polar surface area (TPSA) is 38.3 Å². The Morgan fingerprint density at radius 2 is 2.06 bits per heavy atom. The number of rotatable bonds is 5. The van der Waals surface area contributed by atoms with Crippen molar-refractivity contribution >= 4 is 5.97 Å². The Morgan fingerprint density at radius 1 is 1.38 bits per heavy atom. The number of carbonyl (C=O) groups excluding carboxylic acids is 1. The van der Waals surface area contributed by atoms with Gasteiger partial charge in [0, 0.05) is 6.04 Å². The second kappa shape index (κ2) is 5.07. The molecule has 1 fully saturated rings. The lowest BCUT2D eigenvalue weighted by atomic mass is 10.2. The predicted octanol–water partition coefficient (Wildman–Crippen LogP) is 1.62. The number of ether oxygens (including phenoxy) is 1. The van der Waals surface area contributed by atoms with E-state index in [0.717, 1.165) is 18.4 Å². The smallest absolute Gasteiger partial charge is 0.320 e. The Balaban J connectivity index is 1.69. The lowest BCUT2D eigenvalue weighted by Crippen LogP contribution is -2.26. The van der Waals surface area contributed by atoms with Crippen LogP contribution in [-0.2, 0) is 16.1 Å². The third-order valence-electron chi connectivity index (χ3n) is 2.43. The summed E-state index contributed by atoms with van der Waals surface area (Å²) in [6.07, 6.45) is 2.29. The summed E-state index contributed by atoms with van der Waals surface area (Å²) in [5.74, 6) is -0.554. The fourth-order valence-corrected chi connectivity index (χ4v) is 1.31. The van der Waals surface area contributed by atoms with Gasteiger partial charge in [-0.15, -0.1) is 0 Å². The Bertz CT molecular complexity index is 360. The normalized spacial score (nSPS) is 14.8. The van der Waals surface area contributed by atoms with Crippen molar-refractivity contribution in [1.82, 2.24) is 5.32 Å². The molecule has 0 amide bonds. The zero-order valence-corrected chi connectivity index (χ0v) is 8.91. The predicted molar refractivity (Wildman–Crippen MR) is 57.2 cm³/mol. The SMILES string of the molecule is O=C(CNC1CC1)OCc1ccc(F)cc1. The van der Waals surface area contributed by atoms with Gasteiger partial charge in [0.1, 0.15) is 12.4 Å². The van der Waals surface area contributed by atoms with E-state index < -0.39 is 0 Å². The van der Waals surface area contributed by atoms with Crippen LogP contribution in [0.25, 0.3) is 0 Å². The van der Waals surface area contributed by atoms with Crippen LogP contribution in [0.15, 0.2) is 24.3 Å². The largest absolute Gasteiger partial charge is 0.460 e. The van der Waals surface area contributed by atoms with Gasteiger partial charge in [-0.1, -0.05) is 12.1 Å². The molecule has 1 aliphatic rings. The van der Waals surface area contributed by atoms with Crippen LogP contribution >= 0.6 is 0 Å². The molecule has 1 aromatic rings. The van der Waals surface area contributed by atoms with Gasteiger partial charge in [0.2, 0.25) is 0 Å². The average Bonchev–Trinajstić information content (AvgIpc) is 3.09. The summed E-state index contributed by atoms with van der Waals surface area (Å²) in [5.41, 5.74) is 0.793. The fraction of sp³-hybridized carbons (Fsp3) is 0.417. The van der Waals surface area contributed by atoms with E-state index in [1.807, 2.05) is 0 Å². The number of nitrogens with one attached hydrogen (secondary N) is 1. The van der Waals surface area contributed by atoms with Gasteiger partial charge in [-0.05, 0) is 30.5 Å². The third-order valence-corrected chi connectivity index (χ3v) is 2.43. The summed E-state index contributed by atoms with van der Waals surface area (Å²) in [4.78, 5) is 11.3. The summed E-state index contributed by atoms with van der Waals surface area (Å²) < 4.78 is 17.6. The molecule has 0 heterocycles. The number of esters is 1. The highest BCUT2D eigenvalue weighted by molar-refractivity contribution is 5.71. The Kier molecular flexibility index (Phi) is 3.51. The van der Waals surface area contributed by atoms with E-state index in [1.165, 1.54) is 12.1 Å². The molecule has 1 N–H and O–H groups in total. The number of halogens is 1.